The molecule has 2 heterocycles. The van der Waals surface area contributed by atoms with Gasteiger partial charge in [-0.25, -0.2) is 9.37 Å². The van der Waals surface area contributed by atoms with E-state index in [0.29, 0.717) is 12.3 Å². The van der Waals surface area contributed by atoms with Crippen LogP contribution in [-0.2, 0) is 23.4 Å². The van der Waals surface area contributed by atoms with E-state index in [-0.39, 0.29) is 24.5 Å². The van der Waals surface area contributed by atoms with E-state index in [4.69, 9.17) is 4.74 Å². The molecule has 3 rings (SSSR count). The van der Waals surface area contributed by atoms with Gasteiger partial charge in [-0.1, -0.05) is 6.07 Å². The molecule has 1 aromatic carbocycles. The van der Waals surface area contributed by atoms with Crippen molar-refractivity contribution in [2.75, 3.05) is 19.0 Å². The third kappa shape index (κ3) is 3.50. The molecule has 27 heavy (non-hydrogen) atoms. The van der Waals surface area contributed by atoms with Crippen LogP contribution in [0.1, 0.15) is 35.7 Å². The minimum Gasteiger partial charge on any atom is -0.501 e. The zero-order valence-corrected chi connectivity index (χ0v) is 15.3. The van der Waals surface area contributed by atoms with Gasteiger partial charge in [0.15, 0.2) is 5.69 Å². The summed E-state index contributed by atoms with van der Waals surface area (Å²) in [6.45, 7) is 3.87. The predicted octanol–water partition coefficient (Wildman–Crippen LogP) is 1.32. The summed E-state index contributed by atoms with van der Waals surface area (Å²) in [5.41, 5.74) is -1.12. The van der Waals surface area contributed by atoms with Crippen LogP contribution in [0.5, 0.6) is 5.75 Å². The minimum absolute atomic E-state index is 0.117. The molecule has 0 spiro atoms. The molecule has 8 nitrogen and oxygen atoms in total. The lowest BCUT2D eigenvalue weighted by atomic mass is 10.1. The highest BCUT2D eigenvalue weighted by Gasteiger charge is 2.34. The monoisotopic (exact) mass is 376 g/mol. The van der Waals surface area contributed by atoms with Crippen molar-refractivity contribution in [2.45, 2.75) is 32.5 Å². The van der Waals surface area contributed by atoms with Gasteiger partial charge in [0.05, 0.1) is 13.2 Å². The molecule has 1 aliphatic heterocycles. The maximum Gasteiger partial charge on any atom is 0.296 e. The Morgan fingerprint density at radius 3 is 2.85 bits per heavy atom. The largest absolute Gasteiger partial charge is 0.501 e. The summed E-state index contributed by atoms with van der Waals surface area (Å²) < 4.78 is 20.9. The molecule has 0 saturated heterocycles. The van der Waals surface area contributed by atoms with Crippen LogP contribution in [0.3, 0.4) is 0 Å². The number of hydrogen-bond donors (Lipinski definition) is 3. The second-order valence-corrected chi connectivity index (χ2v) is 6.69. The zero-order valence-electron chi connectivity index (χ0n) is 15.3. The van der Waals surface area contributed by atoms with Gasteiger partial charge in [0, 0.05) is 24.8 Å². The first-order valence-corrected chi connectivity index (χ1v) is 8.47. The molecule has 0 fully saturated rings. The Morgan fingerprint density at radius 2 is 2.19 bits per heavy atom. The fraction of sp³-hybridized carbons (Fsp3) is 0.389. The molecule has 3 N–H and O–H groups in total. The summed E-state index contributed by atoms with van der Waals surface area (Å²) in [5, 5.41) is 15.4. The van der Waals surface area contributed by atoms with Crippen molar-refractivity contribution in [1.82, 2.24) is 14.9 Å². The smallest absolute Gasteiger partial charge is 0.296 e. The number of anilines is 1. The van der Waals surface area contributed by atoms with E-state index in [1.54, 1.807) is 27.0 Å². The van der Waals surface area contributed by atoms with E-state index >= 15 is 0 Å². The van der Waals surface area contributed by atoms with Crippen LogP contribution in [0.15, 0.2) is 23.0 Å². The van der Waals surface area contributed by atoms with E-state index in [1.807, 2.05) is 0 Å². The first kappa shape index (κ1) is 18.8. The molecular formula is C18H21FN4O4. The minimum atomic E-state index is -0.880. The first-order chi connectivity index (χ1) is 12.7. The number of amides is 1. The first-order valence-electron chi connectivity index (χ1n) is 8.47. The second kappa shape index (κ2) is 6.99. The van der Waals surface area contributed by atoms with E-state index in [1.165, 1.54) is 16.7 Å². The number of fused-ring (bicyclic) bond motifs is 1. The lowest BCUT2D eigenvalue weighted by Gasteiger charge is -2.32. The summed E-state index contributed by atoms with van der Waals surface area (Å²) in [6.07, 6.45) is 0. The van der Waals surface area contributed by atoms with Crippen molar-refractivity contribution in [3.05, 3.63) is 51.5 Å². The van der Waals surface area contributed by atoms with E-state index < -0.39 is 34.3 Å². The van der Waals surface area contributed by atoms with Crippen molar-refractivity contribution >= 4 is 11.6 Å². The summed E-state index contributed by atoms with van der Waals surface area (Å²) >= 11 is 0. The summed E-state index contributed by atoms with van der Waals surface area (Å²) in [7, 11) is 1.67. The number of aromatic hydroxyl groups is 1. The average Bonchev–Trinajstić information content (AvgIpc) is 2.63. The number of halogens is 1. The Balaban J connectivity index is 1.87. The average molecular weight is 376 g/mol. The highest BCUT2D eigenvalue weighted by atomic mass is 19.1. The number of nitrogens with one attached hydrogen (secondary N) is 2. The summed E-state index contributed by atoms with van der Waals surface area (Å²) in [6, 6.07) is 4.52. The molecular weight excluding hydrogens is 355 g/mol. The van der Waals surface area contributed by atoms with Crippen LogP contribution < -0.4 is 16.2 Å². The molecule has 1 aliphatic rings. The Hall–Kier alpha value is -2.94. The SMILES string of the molecule is CNc1ccc(CNC(=O)c2nc3n(c(=O)c2O)CCOC3(C)C)c(F)c1. The topological polar surface area (TPSA) is 105 Å². The van der Waals surface area contributed by atoms with Crippen molar-refractivity contribution < 1.29 is 19.0 Å². The summed E-state index contributed by atoms with van der Waals surface area (Å²) in [5.74, 6) is -1.74. The lowest BCUT2D eigenvalue weighted by molar-refractivity contribution is -0.0566. The highest BCUT2D eigenvalue weighted by Crippen LogP contribution is 2.27. The van der Waals surface area contributed by atoms with Crippen LogP contribution >= 0.6 is 0 Å². The summed E-state index contributed by atoms with van der Waals surface area (Å²) in [4.78, 5) is 29.0. The van der Waals surface area contributed by atoms with Gasteiger partial charge in [-0.15, -0.1) is 0 Å². The van der Waals surface area contributed by atoms with Gasteiger partial charge in [-0.3, -0.25) is 14.2 Å². The number of carbonyl (C=O) groups excluding carboxylic acids is 1. The van der Waals surface area contributed by atoms with Gasteiger partial charge in [0.2, 0.25) is 5.75 Å². The van der Waals surface area contributed by atoms with Crippen LogP contribution in [0, 0.1) is 5.82 Å². The molecule has 0 unspecified atom stereocenters. The number of hydrogen-bond acceptors (Lipinski definition) is 6. The molecule has 1 amide bonds. The van der Waals surface area contributed by atoms with Gasteiger partial charge >= 0.3 is 0 Å². The molecule has 2 aromatic rings. The second-order valence-electron chi connectivity index (χ2n) is 6.69. The van der Waals surface area contributed by atoms with Crippen molar-refractivity contribution in [3.8, 4) is 5.75 Å². The molecule has 0 atom stereocenters. The van der Waals surface area contributed by atoms with Gasteiger partial charge in [0.1, 0.15) is 17.2 Å². The number of benzene rings is 1. The molecule has 0 radical (unpaired) electrons. The van der Waals surface area contributed by atoms with Crippen molar-refractivity contribution in [3.63, 3.8) is 0 Å². The maximum absolute atomic E-state index is 14.0. The van der Waals surface area contributed by atoms with E-state index in [0.717, 1.165) is 0 Å². The van der Waals surface area contributed by atoms with Gasteiger partial charge in [-0.05, 0) is 26.0 Å². The zero-order chi connectivity index (χ0) is 19.8. The third-order valence-corrected chi connectivity index (χ3v) is 4.46. The number of carbonyl (C=O) groups is 1. The molecule has 1 aromatic heterocycles. The van der Waals surface area contributed by atoms with Gasteiger partial charge in [-0.2, -0.15) is 0 Å². The van der Waals surface area contributed by atoms with Crippen molar-refractivity contribution in [1.29, 1.82) is 0 Å². The number of aromatic nitrogens is 2. The normalized spacial score (nSPS) is 15.1. The van der Waals surface area contributed by atoms with Gasteiger partial charge in [0.25, 0.3) is 11.5 Å². The molecule has 0 aliphatic carbocycles. The number of ether oxygens (including phenoxy) is 1. The quantitative estimate of drug-likeness (QED) is 0.743. The Labute approximate surface area is 155 Å². The lowest BCUT2D eigenvalue weighted by Crippen LogP contribution is -2.42. The third-order valence-electron chi connectivity index (χ3n) is 4.46. The Morgan fingerprint density at radius 1 is 1.44 bits per heavy atom. The molecule has 0 bridgehead atoms. The number of rotatable bonds is 4. The molecule has 9 heteroatoms. The maximum atomic E-state index is 14.0. The van der Waals surface area contributed by atoms with Crippen LogP contribution in [0.25, 0.3) is 0 Å². The fourth-order valence-corrected chi connectivity index (χ4v) is 2.93. The van der Waals surface area contributed by atoms with Gasteiger partial charge < -0.3 is 20.5 Å². The van der Waals surface area contributed by atoms with Crippen molar-refractivity contribution in [2.24, 2.45) is 0 Å². The Bertz CT molecular complexity index is 955. The number of nitrogens with zero attached hydrogens (tertiary/aromatic N) is 2. The molecule has 144 valence electrons. The standard InChI is InChI=1S/C18H21FN4O4/c1-18(2)17-22-13(14(24)16(26)23(17)6-7-27-18)15(25)21-9-10-4-5-11(20-3)8-12(10)19/h4-5,8,20,24H,6-7,9H2,1-3H3,(H,21,25). The Kier molecular flexibility index (Phi) is 4.88. The fourth-order valence-electron chi connectivity index (χ4n) is 2.93. The van der Waals surface area contributed by atoms with E-state index in [2.05, 4.69) is 15.6 Å². The highest BCUT2D eigenvalue weighted by molar-refractivity contribution is 5.94. The van der Waals surface area contributed by atoms with Crippen LogP contribution in [-0.4, -0.2) is 34.2 Å². The predicted molar refractivity (Wildman–Crippen MR) is 96.3 cm³/mol. The molecule has 0 saturated carbocycles. The van der Waals surface area contributed by atoms with Crippen LogP contribution in [0.2, 0.25) is 0 Å². The van der Waals surface area contributed by atoms with Crippen LogP contribution in [0.4, 0.5) is 10.1 Å². The van der Waals surface area contributed by atoms with E-state index in [9.17, 15) is 19.1 Å².